The maximum atomic E-state index is 13.4. The number of carbonyl (C=O) groups excluding carboxylic acids is 1. The predicted octanol–water partition coefficient (Wildman–Crippen LogP) is 2.67. The van der Waals surface area contributed by atoms with Crippen molar-refractivity contribution in [1.29, 1.82) is 0 Å². The summed E-state index contributed by atoms with van der Waals surface area (Å²) in [6.45, 7) is 4.56. The number of carbonyl (C=O) groups is 1. The van der Waals surface area contributed by atoms with Crippen molar-refractivity contribution in [3.05, 3.63) is 29.8 Å². The molecule has 0 heterocycles. The van der Waals surface area contributed by atoms with Crippen LogP contribution < -0.4 is 10.6 Å². The van der Waals surface area contributed by atoms with E-state index >= 15 is 0 Å². The Morgan fingerprint density at radius 3 is 2.45 bits per heavy atom. The topological polar surface area (TPSA) is 44.4 Å². The number of nitrogens with one attached hydrogen (secondary N) is 2. The van der Waals surface area contributed by atoms with Gasteiger partial charge >= 0.3 is 6.03 Å². The predicted molar refractivity (Wildman–Crippen MR) is 75.7 cm³/mol. The Balaban J connectivity index is 2.55. The average molecular weight is 285 g/mol. The zero-order chi connectivity index (χ0) is 15.3. The van der Waals surface area contributed by atoms with Crippen LogP contribution in [0.3, 0.4) is 0 Å². The van der Waals surface area contributed by atoms with Crippen molar-refractivity contribution >= 4 is 11.7 Å². The molecule has 2 N–H and O–H groups in total. The summed E-state index contributed by atoms with van der Waals surface area (Å²) in [7, 11) is 3.87. The Labute approximate surface area is 118 Å². The van der Waals surface area contributed by atoms with E-state index in [2.05, 4.69) is 24.5 Å². The van der Waals surface area contributed by atoms with Gasteiger partial charge < -0.3 is 15.5 Å². The smallest absolute Gasteiger partial charge is 0.319 e. The van der Waals surface area contributed by atoms with Crippen LogP contribution in [0, 0.1) is 17.6 Å². The Bertz CT molecular complexity index is 456. The molecule has 1 atom stereocenters. The zero-order valence-corrected chi connectivity index (χ0v) is 12.2. The van der Waals surface area contributed by atoms with Gasteiger partial charge in [-0.15, -0.1) is 0 Å². The second-order valence-corrected chi connectivity index (χ2v) is 5.23. The monoisotopic (exact) mass is 285 g/mol. The van der Waals surface area contributed by atoms with E-state index in [-0.39, 0.29) is 11.7 Å². The van der Waals surface area contributed by atoms with Crippen LogP contribution in [-0.4, -0.2) is 37.6 Å². The Morgan fingerprint density at radius 1 is 1.30 bits per heavy atom. The highest BCUT2D eigenvalue weighted by molar-refractivity contribution is 5.89. The molecule has 112 valence electrons. The molecular formula is C14H21F2N3O. The number of halogens is 2. The minimum Gasteiger partial charge on any atom is -0.336 e. The number of nitrogens with zero attached hydrogens (tertiary/aromatic N) is 1. The van der Waals surface area contributed by atoms with Crippen molar-refractivity contribution in [3.63, 3.8) is 0 Å². The van der Waals surface area contributed by atoms with Crippen LogP contribution in [-0.2, 0) is 0 Å². The molecule has 0 bridgehead atoms. The van der Waals surface area contributed by atoms with Gasteiger partial charge in [-0.05, 0) is 32.1 Å². The fourth-order valence-electron chi connectivity index (χ4n) is 1.97. The maximum Gasteiger partial charge on any atom is 0.319 e. The fraction of sp³-hybridized carbons (Fsp3) is 0.500. The molecule has 1 aromatic rings. The van der Waals surface area contributed by atoms with Crippen LogP contribution in [0.5, 0.6) is 0 Å². The highest BCUT2D eigenvalue weighted by Crippen LogP contribution is 2.14. The lowest BCUT2D eigenvalue weighted by Crippen LogP contribution is -2.44. The molecule has 6 heteroatoms. The molecule has 0 spiro atoms. The number of hydrogen-bond donors (Lipinski definition) is 2. The molecule has 1 rings (SSSR count). The highest BCUT2D eigenvalue weighted by atomic mass is 19.1. The summed E-state index contributed by atoms with van der Waals surface area (Å²) < 4.78 is 26.1. The van der Waals surface area contributed by atoms with Gasteiger partial charge in [0.1, 0.15) is 11.6 Å². The molecule has 4 nitrogen and oxygen atoms in total. The Morgan fingerprint density at radius 2 is 1.95 bits per heavy atom. The van der Waals surface area contributed by atoms with Crippen molar-refractivity contribution < 1.29 is 13.6 Å². The van der Waals surface area contributed by atoms with Gasteiger partial charge in [-0.25, -0.2) is 13.6 Å². The number of rotatable bonds is 5. The molecule has 0 radical (unpaired) electrons. The van der Waals surface area contributed by atoms with Crippen molar-refractivity contribution in [2.75, 3.05) is 26.0 Å². The molecule has 0 aliphatic heterocycles. The van der Waals surface area contributed by atoms with Crippen LogP contribution in [0.15, 0.2) is 18.2 Å². The Hall–Kier alpha value is -1.69. The van der Waals surface area contributed by atoms with Gasteiger partial charge in [-0.2, -0.15) is 0 Å². The summed E-state index contributed by atoms with van der Waals surface area (Å²) in [5.41, 5.74) is -0.0464. The number of amides is 2. The summed E-state index contributed by atoms with van der Waals surface area (Å²) in [5, 5.41) is 5.04. The zero-order valence-electron chi connectivity index (χ0n) is 12.2. The molecule has 0 aliphatic rings. The maximum absolute atomic E-state index is 13.4. The number of benzene rings is 1. The van der Waals surface area contributed by atoms with Gasteiger partial charge in [0.25, 0.3) is 0 Å². The lowest BCUT2D eigenvalue weighted by Gasteiger charge is -2.28. The van der Waals surface area contributed by atoms with E-state index < -0.39 is 17.7 Å². The van der Waals surface area contributed by atoms with Gasteiger partial charge in [-0.3, -0.25) is 0 Å². The van der Waals surface area contributed by atoms with Crippen molar-refractivity contribution in [1.82, 2.24) is 10.2 Å². The van der Waals surface area contributed by atoms with Gasteiger partial charge in [0.15, 0.2) is 0 Å². The molecule has 1 aromatic carbocycles. The molecule has 0 saturated carbocycles. The quantitative estimate of drug-likeness (QED) is 0.873. The molecular weight excluding hydrogens is 264 g/mol. The molecule has 0 aromatic heterocycles. The second kappa shape index (κ2) is 7.19. The SMILES string of the molecule is CC(C)[C@H](CNC(=O)Nc1ccc(F)cc1F)N(C)C. The third kappa shape index (κ3) is 4.77. The number of urea groups is 1. The third-order valence-electron chi connectivity index (χ3n) is 3.08. The standard InChI is InChI=1S/C14H21F2N3O/c1-9(2)13(19(3)4)8-17-14(20)18-12-6-5-10(15)7-11(12)16/h5-7,9,13H,8H2,1-4H3,(H2,17,18,20)/t13-/m0/s1. The molecule has 2 amide bonds. The normalized spacial score (nSPS) is 12.6. The highest BCUT2D eigenvalue weighted by Gasteiger charge is 2.17. The minimum atomic E-state index is -0.798. The van der Waals surface area contributed by atoms with Crippen molar-refractivity contribution in [2.24, 2.45) is 5.92 Å². The van der Waals surface area contributed by atoms with Gasteiger partial charge in [0, 0.05) is 18.7 Å². The molecule has 0 aliphatic carbocycles. The summed E-state index contributed by atoms with van der Waals surface area (Å²) in [6.07, 6.45) is 0. The lowest BCUT2D eigenvalue weighted by atomic mass is 10.0. The first-order valence-corrected chi connectivity index (χ1v) is 6.47. The van der Waals surface area contributed by atoms with E-state index in [9.17, 15) is 13.6 Å². The van der Waals surface area contributed by atoms with Crippen molar-refractivity contribution in [3.8, 4) is 0 Å². The third-order valence-corrected chi connectivity index (χ3v) is 3.08. The van der Waals surface area contributed by atoms with Crippen LogP contribution in [0.2, 0.25) is 0 Å². The van der Waals surface area contributed by atoms with Crippen LogP contribution in [0.25, 0.3) is 0 Å². The van der Waals surface area contributed by atoms with Gasteiger partial charge in [0.05, 0.1) is 5.69 Å². The van der Waals surface area contributed by atoms with E-state index in [0.717, 1.165) is 12.1 Å². The summed E-state index contributed by atoms with van der Waals surface area (Å²) >= 11 is 0. The van der Waals surface area contributed by atoms with Crippen LogP contribution in [0.1, 0.15) is 13.8 Å². The minimum absolute atomic E-state index is 0.0464. The first kappa shape index (κ1) is 16.4. The first-order chi connectivity index (χ1) is 9.31. The summed E-state index contributed by atoms with van der Waals surface area (Å²) in [6, 6.07) is 2.68. The fourth-order valence-corrected chi connectivity index (χ4v) is 1.97. The van der Waals surface area contributed by atoms with Gasteiger partial charge in [-0.1, -0.05) is 13.8 Å². The van der Waals surface area contributed by atoms with Gasteiger partial charge in [0.2, 0.25) is 0 Å². The lowest BCUT2D eigenvalue weighted by molar-refractivity contribution is 0.218. The molecule has 20 heavy (non-hydrogen) atoms. The average Bonchev–Trinajstić information content (AvgIpc) is 2.32. The van der Waals surface area contributed by atoms with E-state index in [0.29, 0.717) is 12.5 Å². The van der Waals surface area contributed by atoms with Crippen molar-refractivity contribution in [2.45, 2.75) is 19.9 Å². The first-order valence-electron chi connectivity index (χ1n) is 6.47. The summed E-state index contributed by atoms with van der Waals surface area (Å²) in [5.74, 6) is -1.11. The second-order valence-electron chi connectivity index (χ2n) is 5.23. The number of hydrogen-bond acceptors (Lipinski definition) is 2. The Kier molecular flexibility index (Phi) is 5.88. The number of likely N-dealkylation sites (N-methyl/N-ethyl adjacent to an activating group) is 1. The van der Waals surface area contributed by atoms with E-state index in [1.54, 1.807) is 0 Å². The largest absolute Gasteiger partial charge is 0.336 e. The van der Waals surface area contributed by atoms with E-state index in [1.807, 2.05) is 19.0 Å². The number of anilines is 1. The van der Waals surface area contributed by atoms with E-state index in [1.165, 1.54) is 6.07 Å². The summed E-state index contributed by atoms with van der Waals surface area (Å²) in [4.78, 5) is 13.7. The van der Waals surface area contributed by atoms with E-state index in [4.69, 9.17) is 0 Å². The molecule has 0 unspecified atom stereocenters. The molecule has 0 saturated heterocycles. The molecule has 0 fully saturated rings. The van der Waals surface area contributed by atoms with Crippen LogP contribution >= 0.6 is 0 Å². The van der Waals surface area contributed by atoms with Crippen LogP contribution in [0.4, 0.5) is 19.3 Å².